The van der Waals surface area contributed by atoms with Crippen LogP contribution in [0, 0.1) is 13.8 Å². The van der Waals surface area contributed by atoms with Crippen molar-refractivity contribution in [2.24, 2.45) is 0 Å². The fourth-order valence-corrected chi connectivity index (χ4v) is 2.91. The molecular weight excluding hydrogens is 291 g/mol. The molecule has 2 nitrogen and oxygen atoms in total. The lowest BCUT2D eigenvalue weighted by Crippen LogP contribution is -1.94. The van der Waals surface area contributed by atoms with E-state index in [1.54, 1.807) is 6.07 Å². The fraction of sp³-hybridized carbons (Fsp3) is 0.188. The standard InChI is InChI=1S/C16H14Cl2N2/c1-9-11(4-6-15-16(9)20-10(2)19-15)7-12-3-5-13(17)8-14(12)18/h3-6,8H,7H2,1-2H3,(H,19,20). The highest BCUT2D eigenvalue weighted by atomic mass is 35.5. The van der Waals surface area contributed by atoms with Gasteiger partial charge in [0, 0.05) is 10.0 Å². The molecule has 0 spiro atoms. The van der Waals surface area contributed by atoms with Crippen molar-refractivity contribution in [2.45, 2.75) is 20.3 Å². The largest absolute Gasteiger partial charge is 0.342 e. The average molecular weight is 305 g/mol. The summed E-state index contributed by atoms with van der Waals surface area (Å²) < 4.78 is 0. The van der Waals surface area contributed by atoms with E-state index in [2.05, 4.69) is 29.0 Å². The summed E-state index contributed by atoms with van der Waals surface area (Å²) >= 11 is 12.2. The van der Waals surface area contributed by atoms with Gasteiger partial charge in [0.2, 0.25) is 0 Å². The Kier molecular flexibility index (Phi) is 3.45. The number of H-pyrrole nitrogens is 1. The molecule has 1 heterocycles. The number of benzene rings is 2. The third-order valence-electron chi connectivity index (χ3n) is 3.53. The SMILES string of the molecule is Cc1nc2c(C)c(Cc3ccc(Cl)cc3Cl)ccc2[nH]1. The quantitative estimate of drug-likeness (QED) is 0.703. The van der Waals surface area contributed by atoms with Crippen LogP contribution in [0.1, 0.15) is 22.5 Å². The van der Waals surface area contributed by atoms with Crippen molar-refractivity contribution in [1.29, 1.82) is 0 Å². The molecule has 102 valence electrons. The Labute approximate surface area is 127 Å². The third kappa shape index (κ3) is 2.41. The number of halogens is 2. The molecule has 20 heavy (non-hydrogen) atoms. The maximum absolute atomic E-state index is 6.25. The van der Waals surface area contributed by atoms with E-state index in [-0.39, 0.29) is 0 Å². The van der Waals surface area contributed by atoms with Crippen molar-refractivity contribution in [3.8, 4) is 0 Å². The zero-order valence-corrected chi connectivity index (χ0v) is 12.8. The van der Waals surface area contributed by atoms with Gasteiger partial charge in [-0.25, -0.2) is 4.98 Å². The summed E-state index contributed by atoms with van der Waals surface area (Å²) in [5.74, 6) is 0.935. The van der Waals surface area contributed by atoms with Gasteiger partial charge in [-0.05, 0) is 55.2 Å². The van der Waals surface area contributed by atoms with Crippen LogP contribution in [-0.2, 0) is 6.42 Å². The van der Waals surface area contributed by atoms with Crippen molar-refractivity contribution in [2.75, 3.05) is 0 Å². The minimum Gasteiger partial charge on any atom is -0.342 e. The van der Waals surface area contributed by atoms with Gasteiger partial charge in [0.05, 0.1) is 11.0 Å². The van der Waals surface area contributed by atoms with Gasteiger partial charge in [-0.3, -0.25) is 0 Å². The minimum absolute atomic E-state index is 0.661. The van der Waals surface area contributed by atoms with E-state index < -0.39 is 0 Å². The molecule has 0 amide bonds. The van der Waals surface area contributed by atoms with E-state index >= 15 is 0 Å². The van der Waals surface area contributed by atoms with E-state index in [0.717, 1.165) is 28.8 Å². The van der Waals surface area contributed by atoms with Crippen molar-refractivity contribution >= 4 is 34.2 Å². The fourth-order valence-electron chi connectivity index (χ4n) is 2.44. The molecule has 0 aliphatic heterocycles. The monoisotopic (exact) mass is 304 g/mol. The highest BCUT2D eigenvalue weighted by Gasteiger charge is 2.09. The van der Waals surface area contributed by atoms with Crippen LogP contribution in [0.3, 0.4) is 0 Å². The molecule has 0 radical (unpaired) electrons. The molecule has 0 bridgehead atoms. The van der Waals surface area contributed by atoms with Crippen LogP contribution < -0.4 is 0 Å². The van der Waals surface area contributed by atoms with Gasteiger partial charge in [-0.2, -0.15) is 0 Å². The Morgan fingerprint density at radius 3 is 2.55 bits per heavy atom. The summed E-state index contributed by atoms with van der Waals surface area (Å²) in [7, 11) is 0. The first-order chi connectivity index (χ1) is 9.54. The van der Waals surface area contributed by atoms with Gasteiger partial charge in [-0.15, -0.1) is 0 Å². The van der Waals surface area contributed by atoms with E-state index in [4.69, 9.17) is 23.2 Å². The number of nitrogens with zero attached hydrogens (tertiary/aromatic N) is 1. The summed E-state index contributed by atoms with van der Waals surface area (Å²) in [5.41, 5.74) is 5.60. The Morgan fingerprint density at radius 2 is 1.80 bits per heavy atom. The van der Waals surface area contributed by atoms with Gasteiger partial charge >= 0.3 is 0 Å². The maximum atomic E-state index is 6.25. The van der Waals surface area contributed by atoms with Gasteiger partial charge in [0.15, 0.2) is 0 Å². The van der Waals surface area contributed by atoms with Crippen molar-refractivity contribution in [1.82, 2.24) is 9.97 Å². The highest BCUT2D eigenvalue weighted by molar-refractivity contribution is 6.35. The number of hydrogen-bond acceptors (Lipinski definition) is 1. The lowest BCUT2D eigenvalue weighted by atomic mass is 9.99. The summed E-state index contributed by atoms with van der Waals surface area (Å²) in [4.78, 5) is 7.80. The van der Waals surface area contributed by atoms with Crippen LogP contribution in [-0.4, -0.2) is 9.97 Å². The van der Waals surface area contributed by atoms with Gasteiger partial charge in [-0.1, -0.05) is 35.3 Å². The molecule has 0 saturated heterocycles. The zero-order chi connectivity index (χ0) is 14.3. The minimum atomic E-state index is 0.661. The summed E-state index contributed by atoms with van der Waals surface area (Å²) in [6.45, 7) is 4.07. The molecule has 3 aromatic rings. The summed E-state index contributed by atoms with van der Waals surface area (Å²) in [6.07, 6.45) is 0.781. The normalized spacial score (nSPS) is 11.2. The molecule has 0 unspecified atom stereocenters. The summed E-state index contributed by atoms with van der Waals surface area (Å²) in [6, 6.07) is 9.83. The first-order valence-electron chi connectivity index (χ1n) is 6.43. The Balaban J connectivity index is 2.04. The Morgan fingerprint density at radius 1 is 1.05 bits per heavy atom. The van der Waals surface area contributed by atoms with E-state index in [0.29, 0.717) is 10.0 Å². The lowest BCUT2D eigenvalue weighted by molar-refractivity contribution is 1.15. The van der Waals surface area contributed by atoms with Crippen LogP contribution in [0.2, 0.25) is 10.0 Å². The average Bonchev–Trinajstić information content (AvgIpc) is 2.77. The second-order valence-corrected chi connectivity index (χ2v) is 5.82. The van der Waals surface area contributed by atoms with Crippen LogP contribution >= 0.6 is 23.2 Å². The number of aromatic amines is 1. The number of hydrogen-bond donors (Lipinski definition) is 1. The molecule has 0 atom stereocenters. The van der Waals surface area contributed by atoms with Crippen LogP contribution in [0.15, 0.2) is 30.3 Å². The molecule has 1 N–H and O–H groups in total. The number of fused-ring (bicyclic) bond motifs is 1. The number of aryl methyl sites for hydroxylation is 2. The highest BCUT2D eigenvalue weighted by Crippen LogP contribution is 2.26. The first kappa shape index (κ1) is 13.5. The smallest absolute Gasteiger partial charge is 0.104 e. The third-order valence-corrected chi connectivity index (χ3v) is 4.12. The number of imidazole rings is 1. The van der Waals surface area contributed by atoms with Crippen LogP contribution in [0.5, 0.6) is 0 Å². The molecule has 2 aromatic carbocycles. The second-order valence-electron chi connectivity index (χ2n) is 4.98. The van der Waals surface area contributed by atoms with E-state index in [1.165, 1.54) is 11.1 Å². The topological polar surface area (TPSA) is 28.7 Å². The molecule has 0 aliphatic carbocycles. The van der Waals surface area contributed by atoms with Crippen molar-refractivity contribution < 1.29 is 0 Å². The number of rotatable bonds is 2. The maximum Gasteiger partial charge on any atom is 0.104 e. The van der Waals surface area contributed by atoms with Gasteiger partial charge < -0.3 is 4.98 Å². The van der Waals surface area contributed by atoms with Crippen LogP contribution in [0.4, 0.5) is 0 Å². The molecule has 0 fully saturated rings. The number of aromatic nitrogens is 2. The van der Waals surface area contributed by atoms with Gasteiger partial charge in [0.25, 0.3) is 0 Å². The first-order valence-corrected chi connectivity index (χ1v) is 7.19. The van der Waals surface area contributed by atoms with E-state index in [1.807, 2.05) is 19.1 Å². The molecule has 4 heteroatoms. The Bertz CT molecular complexity index is 791. The predicted molar refractivity (Wildman–Crippen MR) is 84.8 cm³/mol. The molecule has 0 saturated carbocycles. The molecular formula is C16H14Cl2N2. The Hall–Kier alpha value is -1.51. The molecule has 0 aliphatic rings. The molecule has 3 rings (SSSR count). The van der Waals surface area contributed by atoms with Crippen molar-refractivity contribution in [3.63, 3.8) is 0 Å². The number of nitrogens with one attached hydrogen (secondary N) is 1. The molecule has 1 aromatic heterocycles. The predicted octanol–water partition coefficient (Wildman–Crippen LogP) is 5.08. The van der Waals surface area contributed by atoms with Crippen molar-refractivity contribution in [3.05, 3.63) is 62.9 Å². The van der Waals surface area contributed by atoms with E-state index in [9.17, 15) is 0 Å². The lowest BCUT2D eigenvalue weighted by Gasteiger charge is -2.08. The van der Waals surface area contributed by atoms with Gasteiger partial charge in [0.1, 0.15) is 5.82 Å². The van der Waals surface area contributed by atoms with Crippen LogP contribution in [0.25, 0.3) is 11.0 Å². The zero-order valence-electron chi connectivity index (χ0n) is 11.3. The summed E-state index contributed by atoms with van der Waals surface area (Å²) in [5, 5.41) is 1.36. The second kappa shape index (κ2) is 5.12.